The first-order valence-corrected chi connectivity index (χ1v) is 6.94. The number of likely N-dealkylation sites (tertiary alicyclic amines) is 1. The molecule has 5 nitrogen and oxygen atoms in total. The van der Waals surface area contributed by atoms with Gasteiger partial charge in [-0.15, -0.1) is 0 Å². The summed E-state index contributed by atoms with van der Waals surface area (Å²) in [7, 11) is 1.90. The van der Waals surface area contributed by atoms with Crippen molar-refractivity contribution in [3.05, 3.63) is 41.0 Å². The van der Waals surface area contributed by atoms with Gasteiger partial charge in [0.25, 0.3) is 5.91 Å². The van der Waals surface area contributed by atoms with Gasteiger partial charge in [0.2, 0.25) is 0 Å². The van der Waals surface area contributed by atoms with Crippen molar-refractivity contribution in [2.45, 2.75) is 32.7 Å². The molecular weight excluding hydrogens is 254 g/mol. The molecule has 1 unspecified atom stereocenters. The number of carbonyl (C=O) groups is 1. The Kier molecular flexibility index (Phi) is 3.12. The van der Waals surface area contributed by atoms with Gasteiger partial charge < -0.3 is 14.0 Å². The second kappa shape index (κ2) is 4.81. The maximum absolute atomic E-state index is 12.7. The molecule has 1 amide bonds. The predicted octanol–water partition coefficient (Wildman–Crippen LogP) is 2.61. The molecule has 0 aromatic carbocycles. The van der Waals surface area contributed by atoms with E-state index in [1.54, 1.807) is 0 Å². The summed E-state index contributed by atoms with van der Waals surface area (Å²) in [5.41, 5.74) is 2.69. The lowest BCUT2D eigenvalue weighted by atomic mass is 10.0. The lowest BCUT2D eigenvalue weighted by Crippen LogP contribution is -2.32. The zero-order chi connectivity index (χ0) is 14.3. The summed E-state index contributed by atoms with van der Waals surface area (Å²) in [6.07, 6.45) is 3.89. The molecule has 2 aromatic heterocycles. The smallest absolute Gasteiger partial charge is 0.270 e. The van der Waals surface area contributed by atoms with Crippen LogP contribution >= 0.6 is 0 Å². The summed E-state index contributed by atoms with van der Waals surface area (Å²) in [6, 6.07) is 3.85. The molecule has 3 rings (SSSR count). The number of hydrogen-bond donors (Lipinski definition) is 0. The van der Waals surface area contributed by atoms with E-state index in [-0.39, 0.29) is 11.9 Å². The summed E-state index contributed by atoms with van der Waals surface area (Å²) < 4.78 is 7.12. The molecule has 0 spiro atoms. The standard InChI is InChI=1S/C15H19N3O2/c1-10-14(11(2)20-16-10)12-6-5-9-18(12)15(19)13-7-4-8-17(13)3/h4,7-8,12H,5-6,9H2,1-3H3. The molecule has 1 aliphatic rings. The molecule has 0 saturated carbocycles. The van der Waals surface area contributed by atoms with Crippen LogP contribution in [0.25, 0.3) is 0 Å². The number of hydrogen-bond acceptors (Lipinski definition) is 3. The average molecular weight is 273 g/mol. The largest absolute Gasteiger partial charge is 0.361 e. The quantitative estimate of drug-likeness (QED) is 0.845. The maximum Gasteiger partial charge on any atom is 0.270 e. The van der Waals surface area contributed by atoms with Crippen LogP contribution < -0.4 is 0 Å². The number of carbonyl (C=O) groups excluding carboxylic acids is 1. The topological polar surface area (TPSA) is 51.3 Å². The minimum atomic E-state index is 0.0833. The van der Waals surface area contributed by atoms with Gasteiger partial charge in [-0.1, -0.05) is 5.16 Å². The Hall–Kier alpha value is -2.04. The van der Waals surface area contributed by atoms with Crippen LogP contribution in [0, 0.1) is 13.8 Å². The molecule has 1 aliphatic heterocycles. The highest BCUT2D eigenvalue weighted by molar-refractivity contribution is 5.93. The van der Waals surface area contributed by atoms with E-state index in [0.717, 1.165) is 42.1 Å². The first kappa shape index (κ1) is 13.0. The molecule has 20 heavy (non-hydrogen) atoms. The highest BCUT2D eigenvalue weighted by Gasteiger charge is 2.34. The third-order valence-corrected chi connectivity index (χ3v) is 4.10. The van der Waals surface area contributed by atoms with E-state index < -0.39 is 0 Å². The van der Waals surface area contributed by atoms with Gasteiger partial charge in [0, 0.05) is 25.4 Å². The van der Waals surface area contributed by atoms with E-state index in [1.807, 2.05) is 48.7 Å². The van der Waals surface area contributed by atoms with Gasteiger partial charge in [-0.2, -0.15) is 0 Å². The third-order valence-electron chi connectivity index (χ3n) is 4.10. The van der Waals surface area contributed by atoms with Gasteiger partial charge in [-0.05, 0) is 38.8 Å². The van der Waals surface area contributed by atoms with Crippen molar-refractivity contribution in [3.63, 3.8) is 0 Å². The van der Waals surface area contributed by atoms with Crippen LogP contribution in [-0.2, 0) is 7.05 Å². The molecule has 0 bridgehead atoms. The predicted molar refractivity (Wildman–Crippen MR) is 74.4 cm³/mol. The fourth-order valence-corrected chi connectivity index (χ4v) is 3.11. The molecule has 1 saturated heterocycles. The van der Waals surface area contributed by atoms with E-state index in [2.05, 4.69) is 5.16 Å². The summed E-state index contributed by atoms with van der Waals surface area (Å²) in [4.78, 5) is 14.7. The van der Waals surface area contributed by atoms with E-state index in [9.17, 15) is 4.79 Å². The normalized spacial score (nSPS) is 18.8. The molecule has 0 aliphatic carbocycles. The molecule has 2 aromatic rings. The molecule has 5 heteroatoms. The van der Waals surface area contributed by atoms with Crippen molar-refractivity contribution in [1.82, 2.24) is 14.6 Å². The van der Waals surface area contributed by atoms with E-state index in [4.69, 9.17) is 4.52 Å². The van der Waals surface area contributed by atoms with Crippen LogP contribution in [0.2, 0.25) is 0 Å². The highest BCUT2D eigenvalue weighted by Crippen LogP contribution is 2.36. The molecule has 106 valence electrons. The molecule has 3 heterocycles. The lowest BCUT2D eigenvalue weighted by molar-refractivity contribution is 0.0725. The number of aromatic nitrogens is 2. The van der Waals surface area contributed by atoms with Gasteiger partial charge in [0.15, 0.2) is 0 Å². The average Bonchev–Trinajstić information content (AvgIpc) is 3.10. The molecular formula is C15H19N3O2. The Morgan fingerprint density at radius 1 is 1.45 bits per heavy atom. The van der Waals surface area contributed by atoms with Crippen molar-refractivity contribution in [1.29, 1.82) is 0 Å². The van der Waals surface area contributed by atoms with E-state index >= 15 is 0 Å². The van der Waals surface area contributed by atoms with Crippen LogP contribution in [-0.4, -0.2) is 27.1 Å². The monoisotopic (exact) mass is 273 g/mol. The molecule has 1 atom stereocenters. The van der Waals surface area contributed by atoms with Crippen LogP contribution in [0.15, 0.2) is 22.9 Å². The summed E-state index contributed by atoms with van der Waals surface area (Å²) in [5, 5.41) is 4.02. The summed E-state index contributed by atoms with van der Waals surface area (Å²) >= 11 is 0. The number of aryl methyl sites for hydroxylation is 3. The summed E-state index contributed by atoms with van der Waals surface area (Å²) in [5.74, 6) is 0.902. The lowest BCUT2D eigenvalue weighted by Gasteiger charge is -2.25. The van der Waals surface area contributed by atoms with E-state index in [0.29, 0.717) is 0 Å². The Morgan fingerprint density at radius 2 is 2.25 bits per heavy atom. The van der Waals surface area contributed by atoms with Crippen LogP contribution in [0.4, 0.5) is 0 Å². The number of nitrogens with zero attached hydrogens (tertiary/aromatic N) is 3. The molecule has 1 fully saturated rings. The Bertz CT molecular complexity index is 622. The molecule has 0 N–H and O–H groups in total. The minimum absolute atomic E-state index is 0.0833. The van der Waals surface area contributed by atoms with Crippen molar-refractivity contribution >= 4 is 5.91 Å². The second-order valence-corrected chi connectivity index (χ2v) is 5.40. The number of amides is 1. The SMILES string of the molecule is Cc1noc(C)c1C1CCCN1C(=O)c1cccn1C. The van der Waals surface area contributed by atoms with Crippen LogP contribution in [0.1, 0.15) is 46.4 Å². The highest BCUT2D eigenvalue weighted by atomic mass is 16.5. The Balaban J connectivity index is 1.94. The fraction of sp³-hybridized carbons (Fsp3) is 0.467. The first-order chi connectivity index (χ1) is 9.59. The fourth-order valence-electron chi connectivity index (χ4n) is 3.11. The van der Waals surface area contributed by atoms with Crippen LogP contribution in [0.3, 0.4) is 0 Å². The van der Waals surface area contributed by atoms with Crippen molar-refractivity contribution in [2.75, 3.05) is 6.54 Å². The van der Waals surface area contributed by atoms with Gasteiger partial charge in [-0.3, -0.25) is 4.79 Å². The second-order valence-electron chi connectivity index (χ2n) is 5.40. The van der Waals surface area contributed by atoms with E-state index in [1.165, 1.54) is 0 Å². The summed E-state index contributed by atoms with van der Waals surface area (Å²) in [6.45, 7) is 4.65. The zero-order valence-corrected chi connectivity index (χ0v) is 12.1. The van der Waals surface area contributed by atoms with Gasteiger partial charge in [-0.25, -0.2) is 0 Å². The minimum Gasteiger partial charge on any atom is -0.361 e. The van der Waals surface area contributed by atoms with Crippen molar-refractivity contribution < 1.29 is 9.32 Å². The van der Waals surface area contributed by atoms with Gasteiger partial charge in [0.1, 0.15) is 11.5 Å². The van der Waals surface area contributed by atoms with Gasteiger partial charge in [0.05, 0.1) is 11.7 Å². The third kappa shape index (κ3) is 1.94. The van der Waals surface area contributed by atoms with Gasteiger partial charge >= 0.3 is 0 Å². The van der Waals surface area contributed by atoms with Crippen molar-refractivity contribution in [3.8, 4) is 0 Å². The first-order valence-electron chi connectivity index (χ1n) is 6.94. The molecule has 0 radical (unpaired) electrons. The maximum atomic E-state index is 12.7. The number of rotatable bonds is 2. The Labute approximate surface area is 118 Å². The Morgan fingerprint density at radius 3 is 2.85 bits per heavy atom. The van der Waals surface area contributed by atoms with Crippen LogP contribution in [0.5, 0.6) is 0 Å². The van der Waals surface area contributed by atoms with Crippen molar-refractivity contribution in [2.24, 2.45) is 7.05 Å². The zero-order valence-electron chi connectivity index (χ0n) is 12.1.